The molecule has 0 aliphatic carbocycles. The highest BCUT2D eigenvalue weighted by Gasteiger charge is 2.04. The Kier molecular flexibility index (Phi) is 2.07. The minimum Gasteiger partial charge on any atom is -0.287 e. The van der Waals surface area contributed by atoms with Gasteiger partial charge in [-0.1, -0.05) is 29.8 Å². The van der Waals surface area contributed by atoms with Gasteiger partial charge in [0.1, 0.15) is 11.0 Å². The second-order valence-corrected chi connectivity index (χ2v) is 3.19. The van der Waals surface area contributed by atoms with E-state index < -0.39 is 0 Å². The van der Waals surface area contributed by atoms with Gasteiger partial charge < -0.3 is 0 Å². The number of benzene rings is 1. The van der Waals surface area contributed by atoms with Gasteiger partial charge in [-0.25, -0.2) is 4.98 Å². The third kappa shape index (κ3) is 1.45. The van der Waals surface area contributed by atoms with Crippen LogP contribution in [0.5, 0.6) is 0 Å². The Balaban J connectivity index is 2.59. The van der Waals surface area contributed by atoms with Crippen molar-refractivity contribution in [1.29, 1.82) is 0 Å². The van der Waals surface area contributed by atoms with Gasteiger partial charge in [-0.05, 0) is 19.1 Å². The van der Waals surface area contributed by atoms with E-state index in [1.807, 2.05) is 41.8 Å². The molecular formula is C10H9ClN2. The zero-order chi connectivity index (χ0) is 9.26. The van der Waals surface area contributed by atoms with Crippen molar-refractivity contribution in [2.75, 3.05) is 0 Å². The molecule has 0 atom stereocenters. The van der Waals surface area contributed by atoms with E-state index in [9.17, 15) is 0 Å². The van der Waals surface area contributed by atoms with Crippen LogP contribution >= 0.6 is 11.6 Å². The Labute approximate surface area is 81.8 Å². The summed E-state index contributed by atoms with van der Waals surface area (Å²) in [5.41, 5.74) is 1.04. The molecule has 2 nitrogen and oxygen atoms in total. The molecule has 3 heteroatoms. The van der Waals surface area contributed by atoms with Gasteiger partial charge in [-0.2, -0.15) is 0 Å². The maximum Gasteiger partial charge on any atom is 0.133 e. The number of aryl methyl sites for hydroxylation is 1. The van der Waals surface area contributed by atoms with Crippen LogP contribution in [0.1, 0.15) is 5.82 Å². The van der Waals surface area contributed by atoms with E-state index in [4.69, 9.17) is 11.6 Å². The molecule has 1 aromatic carbocycles. The molecule has 0 amide bonds. The summed E-state index contributed by atoms with van der Waals surface area (Å²) in [5, 5.41) is 0.642. The molecule has 1 heterocycles. The molecule has 1 aromatic heterocycles. The molecule has 0 spiro atoms. The molecule has 0 saturated heterocycles. The molecular weight excluding hydrogens is 184 g/mol. The molecule has 2 aromatic rings. The van der Waals surface area contributed by atoms with Crippen molar-refractivity contribution in [2.24, 2.45) is 0 Å². The van der Waals surface area contributed by atoms with Crippen molar-refractivity contribution in [3.05, 3.63) is 47.5 Å². The summed E-state index contributed by atoms with van der Waals surface area (Å²) < 4.78 is 1.90. The van der Waals surface area contributed by atoms with Gasteiger partial charge in [0.05, 0.1) is 6.20 Å². The Morgan fingerprint density at radius 2 is 1.92 bits per heavy atom. The van der Waals surface area contributed by atoms with Crippen LogP contribution in [0.3, 0.4) is 0 Å². The number of nitrogens with zero attached hydrogens (tertiary/aromatic N) is 2. The van der Waals surface area contributed by atoms with Crippen molar-refractivity contribution in [1.82, 2.24) is 9.55 Å². The second kappa shape index (κ2) is 3.23. The van der Waals surface area contributed by atoms with E-state index >= 15 is 0 Å². The lowest BCUT2D eigenvalue weighted by Crippen LogP contribution is -1.95. The van der Waals surface area contributed by atoms with Crippen molar-refractivity contribution in [3.63, 3.8) is 0 Å². The van der Waals surface area contributed by atoms with Crippen LogP contribution in [0, 0.1) is 6.92 Å². The minimum absolute atomic E-state index is 0.642. The third-order valence-electron chi connectivity index (χ3n) is 1.91. The highest BCUT2D eigenvalue weighted by Crippen LogP contribution is 2.17. The van der Waals surface area contributed by atoms with Crippen molar-refractivity contribution in [3.8, 4) is 5.69 Å². The van der Waals surface area contributed by atoms with Gasteiger partial charge in [0.25, 0.3) is 0 Å². The van der Waals surface area contributed by atoms with Crippen LogP contribution in [0.25, 0.3) is 5.69 Å². The van der Waals surface area contributed by atoms with Gasteiger partial charge in [0.15, 0.2) is 0 Å². The number of hydrogen-bond donors (Lipinski definition) is 0. The summed E-state index contributed by atoms with van der Waals surface area (Å²) in [4.78, 5) is 4.12. The molecule has 0 saturated carbocycles. The zero-order valence-electron chi connectivity index (χ0n) is 7.24. The smallest absolute Gasteiger partial charge is 0.133 e. The first kappa shape index (κ1) is 8.32. The average molecular weight is 193 g/mol. The lowest BCUT2D eigenvalue weighted by Gasteiger charge is -2.05. The van der Waals surface area contributed by atoms with Crippen LogP contribution in [-0.2, 0) is 0 Å². The van der Waals surface area contributed by atoms with Gasteiger partial charge in [-0.3, -0.25) is 4.57 Å². The maximum absolute atomic E-state index is 5.98. The van der Waals surface area contributed by atoms with Gasteiger partial charge in [0, 0.05) is 5.69 Å². The lowest BCUT2D eigenvalue weighted by atomic mass is 10.3. The molecule has 0 fully saturated rings. The number of aromatic nitrogens is 2. The summed E-state index contributed by atoms with van der Waals surface area (Å²) in [6.07, 6.45) is 1.66. The number of hydrogen-bond acceptors (Lipinski definition) is 1. The largest absolute Gasteiger partial charge is 0.287 e. The van der Waals surface area contributed by atoms with Crippen LogP contribution in [0.2, 0.25) is 5.15 Å². The Morgan fingerprint density at radius 1 is 1.23 bits per heavy atom. The van der Waals surface area contributed by atoms with Crippen LogP contribution < -0.4 is 0 Å². The van der Waals surface area contributed by atoms with Crippen molar-refractivity contribution < 1.29 is 0 Å². The average Bonchev–Trinajstić information content (AvgIpc) is 2.48. The molecule has 0 radical (unpaired) electrons. The fourth-order valence-electron chi connectivity index (χ4n) is 1.30. The van der Waals surface area contributed by atoms with Gasteiger partial charge in [0.2, 0.25) is 0 Å². The first-order valence-electron chi connectivity index (χ1n) is 4.04. The van der Waals surface area contributed by atoms with Crippen LogP contribution in [0.15, 0.2) is 36.5 Å². The summed E-state index contributed by atoms with van der Waals surface area (Å²) in [6, 6.07) is 9.93. The van der Waals surface area contributed by atoms with E-state index in [1.165, 1.54) is 0 Å². The molecule has 0 aliphatic heterocycles. The molecule has 66 valence electrons. The van der Waals surface area contributed by atoms with E-state index in [0.29, 0.717) is 5.15 Å². The van der Waals surface area contributed by atoms with E-state index in [0.717, 1.165) is 11.5 Å². The minimum atomic E-state index is 0.642. The number of para-hydroxylation sites is 1. The van der Waals surface area contributed by atoms with E-state index in [2.05, 4.69) is 4.98 Å². The highest BCUT2D eigenvalue weighted by molar-refractivity contribution is 6.29. The van der Waals surface area contributed by atoms with Crippen LogP contribution in [-0.4, -0.2) is 9.55 Å². The molecule has 13 heavy (non-hydrogen) atoms. The summed E-state index contributed by atoms with van der Waals surface area (Å²) in [6.45, 7) is 1.93. The first-order valence-corrected chi connectivity index (χ1v) is 4.42. The predicted molar refractivity (Wildman–Crippen MR) is 53.3 cm³/mol. The summed E-state index contributed by atoms with van der Waals surface area (Å²) >= 11 is 5.98. The molecule has 0 unspecified atom stereocenters. The predicted octanol–water partition coefficient (Wildman–Crippen LogP) is 2.83. The second-order valence-electron chi connectivity index (χ2n) is 2.80. The number of halogens is 1. The van der Waals surface area contributed by atoms with Crippen LogP contribution in [0.4, 0.5) is 0 Å². The third-order valence-corrected chi connectivity index (χ3v) is 2.18. The van der Waals surface area contributed by atoms with E-state index in [1.54, 1.807) is 6.20 Å². The summed E-state index contributed by atoms with van der Waals surface area (Å²) in [5.74, 6) is 0.899. The highest BCUT2D eigenvalue weighted by atomic mass is 35.5. The monoisotopic (exact) mass is 192 g/mol. The zero-order valence-corrected chi connectivity index (χ0v) is 7.99. The number of rotatable bonds is 1. The molecule has 2 rings (SSSR count). The van der Waals surface area contributed by atoms with Gasteiger partial charge in [-0.15, -0.1) is 0 Å². The van der Waals surface area contributed by atoms with Crippen molar-refractivity contribution >= 4 is 11.6 Å². The van der Waals surface area contributed by atoms with Crippen molar-refractivity contribution in [2.45, 2.75) is 6.92 Å². The van der Waals surface area contributed by atoms with E-state index in [-0.39, 0.29) is 0 Å². The standard InChI is InChI=1S/C10H9ClN2/c1-8-12-7-10(11)13(8)9-5-3-2-4-6-9/h2-7H,1H3. The Hall–Kier alpha value is -1.28. The topological polar surface area (TPSA) is 17.8 Å². The fraction of sp³-hybridized carbons (Fsp3) is 0.100. The molecule has 0 bridgehead atoms. The fourth-order valence-corrected chi connectivity index (χ4v) is 1.57. The maximum atomic E-state index is 5.98. The molecule has 0 aliphatic rings. The molecule has 0 N–H and O–H groups in total. The normalized spacial score (nSPS) is 10.3. The first-order chi connectivity index (χ1) is 6.29. The Bertz CT molecular complexity index is 387. The quantitative estimate of drug-likeness (QED) is 0.680. The SMILES string of the molecule is Cc1ncc(Cl)n1-c1ccccc1. The number of imidazole rings is 1. The van der Waals surface area contributed by atoms with Gasteiger partial charge >= 0.3 is 0 Å². The Morgan fingerprint density at radius 3 is 2.46 bits per heavy atom. The lowest BCUT2D eigenvalue weighted by molar-refractivity contribution is 0.975. The summed E-state index contributed by atoms with van der Waals surface area (Å²) in [7, 11) is 0.